The average Bonchev–Trinajstić information content (AvgIpc) is 2.79. The molecule has 1 aliphatic rings. The second kappa shape index (κ2) is 10.1. The Kier molecular flexibility index (Phi) is 7.48. The number of hydrogen-bond acceptors (Lipinski definition) is 4. The van der Waals surface area contributed by atoms with Crippen molar-refractivity contribution in [1.29, 1.82) is 0 Å². The Hall–Kier alpha value is -2.97. The smallest absolute Gasteiger partial charge is 0.243 e. The third-order valence-corrected chi connectivity index (χ3v) is 7.61. The molecule has 0 spiro atoms. The van der Waals surface area contributed by atoms with Gasteiger partial charge in [0, 0.05) is 25.2 Å². The predicted molar refractivity (Wildman–Crippen MR) is 123 cm³/mol. The van der Waals surface area contributed by atoms with E-state index in [2.05, 4.69) is 17.2 Å². The standard InChI is InChI=1S/C24H29N3O4S/c1-3-22(28)26-24(2)13-15-27(16-14-24)32(30,31)21-11-9-19(10-12-21)17-23(29)25-18-20-7-5-4-6-8-20/h3-12H,1,13-18H2,2H3,(H,25,29)(H,26,28). The first-order chi connectivity index (χ1) is 15.2. The van der Waals surface area contributed by atoms with Crippen molar-refractivity contribution in [2.45, 2.75) is 43.2 Å². The van der Waals surface area contributed by atoms with Crippen LogP contribution in [0, 0.1) is 0 Å². The summed E-state index contributed by atoms with van der Waals surface area (Å²) in [6.45, 7) is 6.46. The summed E-state index contributed by atoms with van der Waals surface area (Å²) in [5.41, 5.74) is 1.31. The molecule has 0 unspecified atom stereocenters. The lowest BCUT2D eigenvalue weighted by molar-refractivity contribution is -0.120. The highest BCUT2D eigenvalue weighted by Crippen LogP contribution is 2.26. The lowest BCUT2D eigenvalue weighted by Crippen LogP contribution is -2.53. The van der Waals surface area contributed by atoms with Crippen LogP contribution in [-0.4, -0.2) is 43.2 Å². The minimum Gasteiger partial charge on any atom is -0.352 e. The molecule has 0 bridgehead atoms. The molecule has 170 valence electrons. The number of rotatable bonds is 8. The van der Waals surface area contributed by atoms with Gasteiger partial charge in [0.05, 0.1) is 11.3 Å². The van der Waals surface area contributed by atoms with E-state index in [1.807, 2.05) is 37.3 Å². The van der Waals surface area contributed by atoms with Gasteiger partial charge in [0.15, 0.2) is 0 Å². The van der Waals surface area contributed by atoms with Crippen LogP contribution in [0.5, 0.6) is 0 Å². The molecule has 1 aliphatic heterocycles. The zero-order chi connectivity index (χ0) is 23.2. The van der Waals surface area contributed by atoms with Gasteiger partial charge in [-0.15, -0.1) is 0 Å². The van der Waals surface area contributed by atoms with Crippen molar-refractivity contribution in [3.8, 4) is 0 Å². The molecule has 2 N–H and O–H groups in total. The SMILES string of the molecule is C=CC(=O)NC1(C)CCN(S(=O)(=O)c2ccc(CC(=O)NCc3ccccc3)cc2)CC1. The van der Waals surface area contributed by atoms with Crippen LogP contribution in [-0.2, 0) is 32.6 Å². The molecule has 2 aromatic carbocycles. The zero-order valence-electron chi connectivity index (χ0n) is 18.2. The zero-order valence-corrected chi connectivity index (χ0v) is 19.0. The molecule has 0 radical (unpaired) electrons. The highest BCUT2D eigenvalue weighted by molar-refractivity contribution is 7.89. The normalized spacial score (nSPS) is 16.2. The number of sulfonamides is 1. The third-order valence-electron chi connectivity index (χ3n) is 5.69. The van der Waals surface area contributed by atoms with E-state index in [-0.39, 0.29) is 23.1 Å². The first-order valence-electron chi connectivity index (χ1n) is 10.6. The van der Waals surface area contributed by atoms with Crippen molar-refractivity contribution < 1.29 is 18.0 Å². The molecule has 2 aromatic rings. The Morgan fingerprint density at radius 2 is 1.66 bits per heavy atom. The van der Waals surface area contributed by atoms with Crippen LogP contribution >= 0.6 is 0 Å². The Morgan fingerprint density at radius 1 is 1.03 bits per heavy atom. The van der Waals surface area contributed by atoms with E-state index in [9.17, 15) is 18.0 Å². The maximum absolute atomic E-state index is 13.0. The number of amides is 2. The lowest BCUT2D eigenvalue weighted by Gasteiger charge is -2.39. The predicted octanol–water partition coefficient (Wildman–Crippen LogP) is 2.39. The first kappa shape index (κ1) is 23.7. The highest BCUT2D eigenvalue weighted by atomic mass is 32.2. The van der Waals surface area contributed by atoms with Crippen LogP contribution in [0.1, 0.15) is 30.9 Å². The number of benzene rings is 2. The van der Waals surface area contributed by atoms with Gasteiger partial charge in [-0.3, -0.25) is 9.59 Å². The second-order valence-corrected chi connectivity index (χ2v) is 10.2. The van der Waals surface area contributed by atoms with Crippen molar-refractivity contribution in [2.24, 2.45) is 0 Å². The van der Waals surface area contributed by atoms with Crippen LogP contribution in [0.2, 0.25) is 0 Å². The lowest BCUT2D eigenvalue weighted by atomic mass is 9.90. The number of hydrogen-bond donors (Lipinski definition) is 2. The van der Waals surface area contributed by atoms with Gasteiger partial charge < -0.3 is 10.6 Å². The molecule has 0 aromatic heterocycles. The monoisotopic (exact) mass is 455 g/mol. The van der Waals surface area contributed by atoms with Gasteiger partial charge >= 0.3 is 0 Å². The van der Waals surface area contributed by atoms with Crippen molar-refractivity contribution in [3.63, 3.8) is 0 Å². The van der Waals surface area contributed by atoms with Crippen LogP contribution in [0.25, 0.3) is 0 Å². The average molecular weight is 456 g/mol. The Labute approximate surface area is 189 Å². The summed E-state index contributed by atoms with van der Waals surface area (Å²) in [6, 6.07) is 16.1. The largest absolute Gasteiger partial charge is 0.352 e. The first-order valence-corrected chi connectivity index (χ1v) is 12.0. The Morgan fingerprint density at radius 3 is 2.25 bits per heavy atom. The van der Waals surface area contributed by atoms with Gasteiger partial charge in [-0.1, -0.05) is 49.0 Å². The van der Waals surface area contributed by atoms with E-state index in [1.165, 1.54) is 10.4 Å². The van der Waals surface area contributed by atoms with Gasteiger partial charge in [-0.2, -0.15) is 4.31 Å². The minimum atomic E-state index is -3.64. The third kappa shape index (κ3) is 6.05. The van der Waals surface area contributed by atoms with Gasteiger partial charge in [0.2, 0.25) is 21.8 Å². The molecular formula is C24H29N3O4S. The van der Waals surface area contributed by atoms with Crippen LogP contribution < -0.4 is 10.6 Å². The van der Waals surface area contributed by atoms with E-state index in [4.69, 9.17) is 0 Å². The quantitative estimate of drug-likeness (QED) is 0.598. The van der Waals surface area contributed by atoms with E-state index >= 15 is 0 Å². The molecule has 0 aliphatic carbocycles. The summed E-state index contributed by atoms with van der Waals surface area (Å²) in [4.78, 5) is 24.0. The van der Waals surface area contributed by atoms with Crippen LogP contribution in [0.4, 0.5) is 0 Å². The van der Waals surface area contributed by atoms with Crippen LogP contribution in [0.15, 0.2) is 72.1 Å². The summed E-state index contributed by atoms with van der Waals surface area (Å²) in [6.07, 6.45) is 2.44. The van der Waals surface area contributed by atoms with E-state index in [1.54, 1.807) is 24.3 Å². The molecule has 1 heterocycles. The fraction of sp³-hybridized carbons (Fsp3) is 0.333. The maximum Gasteiger partial charge on any atom is 0.243 e. The van der Waals surface area contributed by atoms with Gasteiger partial charge in [-0.25, -0.2) is 8.42 Å². The molecule has 2 amide bonds. The maximum atomic E-state index is 13.0. The number of carbonyl (C=O) groups excluding carboxylic acids is 2. The molecule has 32 heavy (non-hydrogen) atoms. The molecule has 7 nitrogen and oxygen atoms in total. The van der Waals surface area contributed by atoms with E-state index < -0.39 is 15.6 Å². The Bertz CT molecular complexity index is 1060. The molecule has 0 atom stereocenters. The molecular weight excluding hydrogens is 426 g/mol. The molecule has 1 saturated heterocycles. The van der Waals surface area contributed by atoms with Crippen molar-refractivity contribution in [3.05, 3.63) is 78.4 Å². The van der Waals surface area contributed by atoms with Gasteiger partial charge in [-0.05, 0) is 49.1 Å². The number of piperidine rings is 1. The molecule has 1 fully saturated rings. The minimum absolute atomic E-state index is 0.124. The Balaban J connectivity index is 1.56. The number of nitrogens with zero attached hydrogens (tertiary/aromatic N) is 1. The molecule has 8 heteroatoms. The summed E-state index contributed by atoms with van der Waals surface area (Å²) in [5, 5.41) is 5.75. The topological polar surface area (TPSA) is 95.6 Å². The summed E-state index contributed by atoms with van der Waals surface area (Å²) in [5.74, 6) is -0.381. The summed E-state index contributed by atoms with van der Waals surface area (Å²) < 4.78 is 27.5. The van der Waals surface area contributed by atoms with E-state index in [0.717, 1.165) is 11.1 Å². The van der Waals surface area contributed by atoms with Crippen molar-refractivity contribution in [2.75, 3.05) is 13.1 Å². The summed E-state index contributed by atoms with van der Waals surface area (Å²) in [7, 11) is -3.64. The fourth-order valence-electron chi connectivity index (χ4n) is 3.67. The van der Waals surface area contributed by atoms with Crippen LogP contribution in [0.3, 0.4) is 0 Å². The molecule has 0 saturated carbocycles. The fourth-order valence-corrected chi connectivity index (χ4v) is 5.11. The van der Waals surface area contributed by atoms with Crippen molar-refractivity contribution >= 4 is 21.8 Å². The van der Waals surface area contributed by atoms with Crippen molar-refractivity contribution in [1.82, 2.24) is 14.9 Å². The summed E-state index contributed by atoms with van der Waals surface area (Å²) >= 11 is 0. The highest BCUT2D eigenvalue weighted by Gasteiger charge is 2.36. The number of nitrogens with one attached hydrogen (secondary N) is 2. The van der Waals surface area contributed by atoms with E-state index in [0.29, 0.717) is 32.5 Å². The second-order valence-electron chi connectivity index (χ2n) is 8.24. The molecule has 3 rings (SSSR count). The number of carbonyl (C=O) groups is 2. The van der Waals surface area contributed by atoms with Gasteiger partial charge in [0.25, 0.3) is 0 Å². The van der Waals surface area contributed by atoms with Gasteiger partial charge in [0.1, 0.15) is 0 Å².